The molecule has 0 aromatic carbocycles. The van der Waals surface area contributed by atoms with Gasteiger partial charge in [-0.25, -0.2) is 4.98 Å². The van der Waals surface area contributed by atoms with Gasteiger partial charge in [-0.2, -0.15) is 5.26 Å². The van der Waals surface area contributed by atoms with Crippen molar-refractivity contribution in [2.75, 3.05) is 0 Å². The first-order chi connectivity index (χ1) is 8.71. The molecule has 2 aromatic rings. The highest BCUT2D eigenvalue weighted by Gasteiger charge is 2.38. The van der Waals surface area contributed by atoms with Gasteiger partial charge in [-0.05, 0) is 31.9 Å². The number of hydrogen-bond donors (Lipinski definition) is 0. The lowest BCUT2D eigenvalue weighted by atomic mass is 9.68. The van der Waals surface area contributed by atoms with Gasteiger partial charge in [0.05, 0.1) is 16.5 Å². The summed E-state index contributed by atoms with van der Waals surface area (Å²) in [6.07, 6.45) is 3.98. The third-order valence-electron chi connectivity index (χ3n) is 3.58. The van der Waals surface area contributed by atoms with Gasteiger partial charge in [0.25, 0.3) is 0 Å². The second kappa shape index (κ2) is 4.25. The Hall–Kier alpha value is -1.60. The Morgan fingerprint density at radius 2 is 2.33 bits per heavy atom. The normalized spacial score (nSPS) is 17.1. The van der Waals surface area contributed by atoms with E-state index >= 15 is 0 Å². The van der Waals surface area contributed by atoms with E-state index in [1.165, 1.54) is 6.42 Å². The summed E-state index contributed by atoms with van der Waals surface area (Å²) in [6, 6.07) is 6.34. The van der Waals surface area contributed by atoms with Crippen LogP contribution in [-0.2, 0) is 6.42 Å². The van der Waals surface area contributed by atoms with Crippen molar-refractivity contribution in [2.24, 2.45) is 5.41 Å². The van der Waals surface area contributed by atoms with Crippen LogP contribution in [0.2, 0.25) is 0 Å². The Morgan fingerprint density at radius 3 is 2.89 bits per heavy atom. The molecule has 0 unspecified atom stereocenters. The van der Waals surface area contributed by atoms with Crippen LogP contribution >= 0.6 is 11.3 Å². The molecule has 0 N–H and O–H groups in total. The van der Waals surface area contributed by atoms with Crippen LogP contribution in [0, 0.1) is 23.7 Å². The maximum Gasteiger partial charge on any atom is 0.153 e. The zero-order valence-corrected chi connectivity index (χ0v) is 11.1. The SMILES string of the molecule is Cc1ccc(-c2csc(CC3(C#N)CCC3)n2)o1. The van der Waals surface area contributed by atoms with Gasteiger partial charge in [0.15, 0.2) is 5.76 Å². The Balaban J connectivity index is 1.80. The van der Waals surface area contributed by atoms with Gasteiger partial charge in [-0.3, -0.25) is 0 Å². The summed E-state index contributed by atoms with van der Waals surface area (Å²) in [5.41, 5.74) is 0.740. The van der Waals surface area contributed by atoms with E-state index in [0.29, 0.717) is 0 Å². The van der Waals surface area contributed by atoms with Gasteiger partial charge in [0, 0.05) is 11.8 Å². The van der Waals surface area contributed by atoms with Crippen LogP contribution < -0.4 is 0 Å². The quantitative estimate of drug-likeness (QED) is 0.837. The van der Waals surface area contributed by atoms with E-state index in [1.807, 2.05) is 24.4 Å². The van der Waals surface area contributed by atoms with Crippen molar-refractivity contribution in [1.82, 2.24) is 4.98 Å². The number of thiazole rings is 1. The summed E-state index contributed by atoms with van der Waals surface area (Å²) in [4.78, 5) is 4.58. The van der Waals surface area contributed by atoms with Crippen molar-refractivity contribution in [1.29, 1.82) is 5.26 Å². The molecule has 3 rings (SSSR count). The first-order valence-corrected chi connectivity index (χ1v) is 7.01. The summed E-state index contributed by atoms with van der Waals surface area (Å²) < 4.78 is 5.56. The molecule has 0 radical (unpaired) electrons. The van der Waals surface area contributed by atoms with Crippen LogP contribution in [0.25, 0.3) is 11.5 Å². The minimum Gasteiger partial charge on any atom is -0.460 e. The molecule has 0 amide bonds. The summed E-state index contributed by atoms with van der Waals surface area (Å²) in [7, 11) is 0. The van der Waals surface area contributed by atoms with E-state index in [2.05, 4.69) is 11.1 Å². The maximum absolute atomic E-state index is 9.23. The van der Waals surface area contributed by atoms with Crippen molar-refractivity contribution in [3.05, 3.63) is 28.3 Å². The number of nitriles is 1. The van der Waals surface area contributed by atoms with E-state index in [4.69, 9.17) is 4.42 Å². The second-order valence-electron chi connectivity index (χ2n) is 4.96. The smallest absolute Gasteiger partial charge is 0.153 e. The fourth-order valence-corrected chi connectivity index (χ4v) is 3.23. The highest BCUT2D eigenvalue weighted by atomic mass is 32.1. The topological polar surface area (TPSA) is 49.8 Å². The van der Waals surface area contributed by atoms with Gasteiger partial charge in [-0.15, -0.1) is 11.3 Å². The molecule has 92 valence electrons. The summed E-state index contributed by atoms with van der Waals surface area (Å²) in [5.74, 6) is 1.71. The molecule has 0 atom stereocenters. The molecule has 0 saturated heterocycles. The summed E-state index contributed by atoms with van der Waals surface area (Å²) in [5, 5.41) is 12.3. The third-order valence-corrected chi connectivity index (χ3v) is 4.43. The molecular formula is C14H14N2OS. The van der Waals surface area contributed by atoms with Gasteiger partial charge in [-0.1, -0.05) is 6.42 Å². The predicted molar refractivity (Wildman–Crippen MR) is 70.2 cm³/mol. The van der Waals surface area contributed by atoms with Crippen molar-refractivity contribution in [2.45, 2.75) is 32.6 Å². The lowest BCUT2D eigenvalue weighted by Crippen LogP contribution is -2.29. The van der Waals surface area contributed by atoms with E-state index in [0.717, 1.165) is 41.5 Å². The molecular weight excluding hydrogens is 244 g/mol. The monoisotopic (exact) mass is 258 g/mol. The molecule has 2 aromatic heterocycles. The minimum atomic E-state index is -0.145. The average molecular weight is 258 g/mol. The minimum absolute atomic E-state index is 0.145. The number of nitrogens with zero attached hydrogens (tertiary/aromatic N) is 2. The third kappa shape index (κ3) is 1.95. The molecule has 2 heterocycles. The number of hydrogen-bond acceptors (Lipinski definition) is 4. The summed E-state index contributed by atoms with van der Waals surface area (Å²) in [6.45, 7) is 1.93. The van der Waals surface area contributed by atoms with Crippen LogP contribution in [0.3, 0.4) is 0 Å². The van der Waals surface area contributed by atoms with Crippen LogP contribution in [-0.4, -0.2) is 4.98 Å². The molecule has 1 saturated carbocycles. The molecule has 1 fully saturated rings. The largest absolute Gasteiger partial charge is 0.460 e. The van der Waals surface area contributed by atoms with Crippen LogP contribution in [0.5, 0.6) is 0 Å². The highest BCUT2D eigenvalue weighted by Crippen LogP contribution is 2.43. The number of aryl methyl sites for hydroxylation is 1. The molecule has 3 nitrogen and oxygen atoms in total. The van der Waals surface area contributed by atoms with Crippen molar-refractivity contribution >= 4 is 11.3 Å². The van der Waals surface area contributed by atoms with E-state index in [-0.39, 0.29) is 5.41 Å². The molecule has 18 heavy (non-hydrogen) atoms. The van der Waals surface area contributed by atoms with Crippen LogP contribution in [0.15, 0.2) is 21.9 Å². The first-order valence-electron chi connectivity index (χ1n) is 6.13. The van der Waals surface area contributed by atoms with Gasteiger partial charge < -0.3 is 4.42 Å². The fraction of sp³-hybridized carbons (Fsp3) is 0.429. The lowest BCUT2D eigenvalue weighted by Gasteiger charge is -2.34. The molecule has 4 heteroatoms. The van der Waals surface area contributed by atoms with Gasteiger partial charge in [0.1, 0.15) is 11.5 Å². The summed E-state index contributed by atoms with van der Waals surface area (Å²) >= 11 is 1.62. The standard InChI is InChI=1S/C14H14N2OS/c1-10-3-4-12(17-10)11-8-18-13(16-11)7-14(9-15)5-2-6-14/h3-4,8H,2,5-7H2,1H3. The van der Waals surface area contributed by atoms with Crippen molar-refractivity contribution in [3.63, 3.8) is 0 Å². The number of rotatable bonds is 3. The number of furan rings is 1. The van der Waals surface area contributed by atoms with Crippen molar-refractivity contribution in [3.8, 4) is 17.5 Å². The molecule has 1 aliphatic carbocycles. The lowest BCUT2D eigenvalue weighted by molar-refractivity contribution is 0.214. The Bertz CT molecular complexity index is 601. The van der Waals surface area contributed by atoms with E-state index < -0.39 is 0 Å². The molecule has 0 bridgehead atoms. The number of aromatic nitrogens is 1. The Kier molecular flexibility index (Phi) is 2.71. The first kappa shape index (κ1) is 11.5. The van der Waals surface area contributed by atoms with Crippen LogP contribution in [0.1, 0.15) is 30.0 Å². The zero-order chi connectivity index (χ0) is 12.6. The Labute approximate surface area is 110 Å². The Morgan fingerprint density at radius 1 is 1.50 bits per heavy atom. The van der Waals surface area contributed by atoms with Crippen molar-refractivity contribution < 1.29 is 4.42 Å². The second-order valence-corrected chi connectivity index (χ2v) is 5.90. The van der Waals surface area contributed by atoms with Gasteiger partial charge in [0.2, 0.25) is 0 Å². The van der Waals surface area contributed by atoms with E-state index in [9.17, 15) is 5.26 Å². The average Bonchev–Trinajstić information content (AvgIpc) is 2.92. The molecule has 1 aliphatic rings. The molecule has 0 aliphatic heterocycles. The predicted octanol–water partition coefficient (Wildman–Crippen LogP) is 3.95. The maximum atomic E-state index is 9.23. The fourth-order valence-electron chi connectivity index (χ4n) is 2.30. The van der Waals surface area contributed by atoms with Gasteiger partial charge >= 0.3 is 0 Å². The highest BCUT2D eigenvalue weighted by molar-refractivity contribution is 7.09. The van der Waals surface area contributed by atoms with Crippen LogP contribution in [0.4, 0.5) is 0 Å². The van der Waals surface area contributed by atoms with E-state index in [1.54, 1.807) is 11.3 Å². The molecule has 0 spiro atoms. The zero-order valence-electron chi connectivity index (χ0n) is 10.3.